The van der Waals surface area contributed by atoms with Crippen molar-refractivity contribution in [3.8, 4) is 17.2 Å². The third-order valence-corrected chi connectivity index (χ3v) is 13.4. The van der Waals surface area contributed by atoms with Gasteiger partial charge in [-0.2, -0.15) is 0 Å². The molecule has 9 nitrogen and oxygen atoms in total. The van der Waals surface area contributed by atoms with Crippen LogP contribution in [-0.4, -0.2) is 65.5 Å². The molecule has 4 aromatic rings. The van der Waals surface area contributed by atoms with Gasteiger partial charge in [-0.15, -0.1) is 6.58 Å². The van der Waals surface area contributed by atoms with Gasteiger partial charge in [-0.1, -0.05) is 78.7 Å². The van der Waals surface area contributed by atoms with Gasteiger partial charge < -0.3 is 34.2 Å². The van der Waals surface area contributed by atoms with Crippen LogP contribution in [0.3, 0.4) is 0 Å². The van der Waals surface area contributed by atoms with Crippen LogP contribution in [0.15, 0.2) is 108 Å². The van der Waals surface area contributed by atoms with E-state index < -0.39 is 11.8 Å². The first-order valence-corrected chi connectivity index (χ1v) is 21.9. The lowest BCUT2D eigenvalue weighted by Crippen LogP contribution is -2.70. The molecule has 1 heterocycles. The van der Waals surface area contributed by atoms with Crippen LogP contribution >= 0.6 is 0 Å². The third kappa shape index (κ3) is 8.24. The molecule has 0 spiro atoms. The molecular formula is C51H60N2O7. The molecule has 2 N–H and O–H groups in total. The molecule has 60 heavy (non-hydrogen) atoms. The van der Waals surface area contributed by atoms with Gasteiger partial charge in [0, 0.05) is 43.6 Å². The Morgan fingerprint density at radius 1 is 0.933 bits per heavy atom. The molecule has 0 unspecified atom stereocenters. The molecule has 6 atom stereocenters. The van der Waals surface area contributed by atoms with Gasteiger partial charge in [-0.05, 0) is 128 Å². The normalized spacial score (nSPS) is 24.9. The molecule has 0 radical (unpaired) electrons. The largest absolute Gasteiger partial charge is 0.459 e. The Balaban J connectivity index is 1.33. The van der Waals surface area contributed by atoms with Crippen molar-refractivity contribution in [3.05, 3.63) is 125 Å². The predicted molar refractivity (Wildman–Crippen MR) is 235 cm³/mol. The van der Waals surface area contributed by atoms with Crippen molar-refractivity contribution in [3.63, 3.8) is 0 Å². The van der Waals surface area contributed by atoms with Crippen molar-refractivity contribution in [1.82, 2.24) is 4.90 Å². The molecule has 2 saturated carbocycles. The SMILES string of the molecule is C=CCO[C@@]12Oc3ccc(Oc4ccc(C)c(C)c4)cc3[C@H]3[C@H](CCCCO)[C@@H](CCCCO)C=C(C(=NOC)C[C@@H]1N(Cc1cccc4ccccc14)C(=O)C1CC1)[C@H]32. The van der Waals surface area contributed by atoms with E-state index in [1.165, 1.54) is 5.56 Å². The molecule has 4 aliphatic rings. The molecule has 4 aromatic carbocycles. The predicted octanol–water partition coefficient (Wildman–Crippen LogP) is 9.95. The molecule has 2 fully saturated rings. The van der Waals surface area contributed by atoms with E-state index in [1.807, 2.05) is 35.2 Å². The fourth-order valence-electron chi connectivity index (χ4n) is 10.3. The summed E-state index contributed by atoms with van der Waals surface area (Å²) in [4.78, 5) is 22.6. The van der Waals surface area contributed by atoms with Crippen molar-refractivity contribution in [2.75, 3.05) is 26.9 Å². The van der Waals surface area contributed by atoms with E-state index >= 15 is 0 Å². The Bertz CT molecular complexity index is 2240. The standard InChI is InChI=1S/C51H60N2O7/c1-5-27-58-51-47(53(50(56)36-20-21-36)32-38-16-12-15-35-13-6-7-17-41(35)38)31-45(52-57-4)43-29-37(14-8-10-25-54)42(18-9-11-26-55)48(49(43)51)44-30-40(23-24-46(44)60-51)59-39-22-19-33(2)34(3)28-39/h5-7,12-13,15-17,19,22-24,28-30,36-37,42,47-49,54-55H,1,8-11,14,18,20-21,25-27,31-32H2,2-4H3/t37-,42+,47-,48+,49+,51+/m0/s1. The van der Waals surface area contributed by atoms with E-state index in [-0.39, 0.29) is 55.3 Å². The van der Waals surface area contributed by atoms with Crippen molar-refractivity contribution >= 4 is 22.4 Å². The van der Waals surface area contributed by atoms with Gasteiger partial charge in [-0.25, -0.2) is 0 Å². The number of aliphatic hydroxyl groups is 2. The van der Waals surface area contributed by atoms with Gasteiger partial charge >= 0.3 is 0 Å². The van der Waals surface area contributed by atoms with Gasteiger partial charge in [0.25, 0.3) is 0 Å². The number of nitrogens with zero attached hydrogens (tertiary/aromatic N) is 2. The first kappa shape index (κ1) is 41.8. The van der Waals surface area contributed by atoms with Gasteiger partial charge in [0.1, 0.15) is 30.4 Å². The zero-order valence-electron chi connectivity index (χ0n) is 35.4. The topological polar surface area (TPSA) is 110 Å². The second kappa shape index (κ2) is 18.3. The summed E-state index contributed by atoms with van der Waals surface area (Å²) in [5.41, 5.74) is 6.25. The molecule has 3 aliphatic carbocycles. The Hall–Kier alpha value is -4.96. The van der Waals surface area contributed by atoms with Crippen LogP contribution in [0.4, 0.5) is 0 Å². The maximum Gasteiger partial charge on any atom is 0.239 e. The monoisotopic (exact) mass is 812 g/mol. The number of allylic oxidation sites excluding steroid dienone is 1. The number of carbonyl (C=O) groups excluding carboxylic acids is 1. The number of aryl methyl sites for hydroxylation is 2. The molecule has 0 bridgehead atoms. The molecule has 1 amide bonds. The molecular weight excluding hydrogens is 753 g/mol. The Labute approximate surface area is 354 Å². The summed E-state index contributed by atoms with van der Waals surface area (Å²) in [7, 11) is 1.58. The average Bonchev–Trinajstić information content (AvgIpc) is 4.11. The molecule has 0 saturated heterocycles. The highest BCUT2D eigenvalue weighted by atomic mass is 16.7. The van der Waals surface area contributed by atoms with Crippen molar-refractivity contribution in [2.45, 2.75) is 95.9 Å². The number of unbranched alkanes of at least 4 members (excludes halogenated alkanes) is 2. The molecule has 1 aliphatic heterocycles. The smallest absolute Gasteiger partial charge is 0.239 e. The van der Waals surface area contributed by atoms with E-state index in [2.05, 4.69) is 75.0 Å². The summed E-state index contributed by atoms with van der Waals surface area (Å²) < 4.78 is 21.3. The third-order valence-electron chi connectivity index (χ3n) is 13.4. The fraction of sp³-hybridized carbons (Fsp3) is 0.451. The van der Waals surface area contributed by atoms with E-state index in [1.54, 1.807) is 13.2 Å². The second-order valence-electron chi connectivity index (χ2n) is 17.2. The van der Waals surface area contributed by atoms with E-state index in [4.69, 9.17) is 24.2 Å². The van der Waals surface area contributed by atoms with Gasteiger partial charge in [0.15, 0.2) is 0 Å². The Kier molecular flexibility index (Phi) is 12.8. The highest BCUT2D eigenvalue weighted by Crippen LogP contribution is 2.62. The number of fused-ring (bicyclic) bond motifs is 3. The van der Waals surface area contributed by atoms with Crippen molar-refractivity contribution < 1.29 is 34.1 Å². The lowest BCUT2D eigenvalue weighted by Gasteiger charge is -2.60. The average molecular weight is 813 g/mol. The zero-order valence-corrected chi connectivity index (χ0v) is 35.4. The number of ether oxygens (including phenoxy) is 3. The number of oxime groups is 1. The van der Waals surface area contributed by atoms with Crippen molar-refractivity contribution in [2.24, 2.45) is 28.8 Å². The second-order valence-corrected chi connectivity index (χ2v) is 17.2. The quantitative estimate of drug-likeness (QED) is 0.0585. The van der Waals surface area contributed by atoms with Crippen LogP contribution in [0.2, 0.25) is 0 Å². The minimum Gasteiger partial charge on any atom is -0.459 e. The van der Waals surface area contributed by atoms with E-state index in [0.29, 0.717) is 37.3 Å². The lowest BCUT2D eigenvalue weighted by atomic mass is 9.55. The molecule has 9 heteroatoms. The van der Waals surface area contributed by atoms with E-state index in [0.717, 1.165) is 83.0 Å². The maximum atomic E-state index is 14.9. The Morgan fingerprint density at radius 2 is 1.68 bits per heavy atom. The zero-order chi connectivity index (χ0) is 41.8. The summed E-state index contributed by atoms with van der Waals surface area (Å²) in [6.07, 6.45) is 11.1. The highest BCUT2D eigenvalue weighted by molar-refractivity contribution is 6.03. The molecule has 316 valence electrons. The van der Waals surface area contributed by atoms with Crippen LogP contribution in [0.1, 0.15) is 86.0 Å². The number of carbonyl (C=O) groups is 1. The number of benzene rings is 4. The minimum absolute atomic E-state index is 0.0681. The lowest BCUT2D eigenvalue weighted by molar-refractivity contribution is -0.258. The first-order chi connectivity index (χ1) is 29.3. The number of amides is 1. The summed E-state index contributed by atoms with van der Waals surface area (Å²) in [6.45, 7) is 9.12. The van der Waals surface area contributed by atoms with Gasteiger partial charge in [0.05, 0.1) is 18.2 Å². The van der Waals surface area contributed by atoms with Crippen LogP contribution < -0.4 is 9.47 Å². The van der Waals surface area contributed by atoms with Crippen LogP contribution in [0, 0.1) is 37.5 Å². The summed E-state index contributed by atoms with van der Waals surface area (Å²) in [5, 5.41) is 26.9. The molecule has 8 rings (SSSR count). The Morgan fingerprint density at radius 3 is 2.43 bits per heavy atom. The van der Waals surface area contributed by atoms with Gasteiger partial charge in [0.2, 0.25) is 11.7 Å². The van der Waals surface area contributed by atoms with Crippen LogP contribution in [0.25, 0.3) is 10.8 Å². The maximum absolute atomic E-state index is 14.9. The molecule has 0 aromatic heterocycles. The van der Waals surface area contributed by atoms with E-state index in [9.17, 15) is 15.0 Å². The first-order valence-electron chi connectivity index (χ1n) is 21.9. The van der Waals surface area contributed by atoms with Crippen LogP contribution in [-0.2, 0) is 20.9 Å². The number of rotatable bonds is 18. The highest BCUT2D eigenvalue weighted by Gasteiger charge is 2.66. The number of hydrogen-bond donors (Lipinski definition) is 2. The number of aliphatic hydroxyl groups excluding tert-OH is 2. The summed E-state index contributed by atoms with van der Waals surface area (Å²) >= 11 is 0. The number of hydrogen-bond acceptors (Lipinski definition) is 8. The fourth-order valence-corrected chi connectivity index (χ4v) is 10.3. The summed E-state index contributed by atoms with van der Waals surface area (Å²) in [6, 6.07) is 26.3. The summed E-state index contributed by atoms with van der Waals surface area (Å²) in [5.74, 6) is 0.615. The van der Waals surface area contributed by atoms with Gasteiger partial charge in [-0.3, -0.25) is 4.79 Å². The van der Waals surface area contributed by atoms with Crippen LogP contribution in [0.5, 0.6) is 17.2 Å². The van der Waals surface area contributed by atoms with Crippen molar-refractivity contribution in [1.29, 1.82) is 0 Å². The minimum atomic E-state index is -1.32.